The molecule has 0 aromatic carbocycles. The van der Waals surface area contributed by atoms with E-state index < -0.39 is 0 Å². The van der Waals surface area contributed by atoms with Crippen molar-refractivity contribution in [3.05, 3.63) is 0 Å². The van der Waals surface area contributed by atoms with E-state index in [0.717, 1.165) is 19.5 Å². The van der Waals surface area contributed by atoms with Gasteiger partial charge in [-0.15, -0.1) is 0 Å². The van der Waals surface area contributed by atoms with E-state index in [9.17, 15) is 0 Å². The van der Waals surface area contributed by atoms with Crippen molar-refractivity contribution in [3.8, 4) is 0 Å². The molecule has 0 unspecified atom stereocenters. The summed E-state index contributed by atoms with van der Waals surface area (Å²) in [5.74, 6) is 1.49. The highest BCUT2D eigenvalue weighted by atomic mass is 32.2. The molecule has 0 rings (SSSR count). The van der Waals surface area contributed by atoms with E-state index in [1.54, 1.807) is 0 Å². The zero-order chi connectivity index (χ0) is 11.7. The van der Waals surface area contributed by atoms with Crippen LogP contribution in [-0.2, 0) is 0 Å². The van der Waals surface area contributed by atoms with E-state index in [-0.39, 0.29) is 5.41 Å². The standard InChI is InChI=1S/C10H23N3OS/c1-10(2,9(11)13-14)5-7-12-6-4-8-15-3/h12,14H,4-8H2,1-3H3,(H2,11,13). The first-order valence-electron chi connectivity index (χ1n) is 5.22. The molecule has 0 aromatic heterocycles. The van der Waals surface area contributed by atoms with Crippen molar-refractivity contribution in [2.75, 3.05) is 25.1 Å². The molecule has 0 aliphatic carbocycles. The summed E-state index contributed by atoms with van der Waals surface area (Å²) in [5, 5.41) is 15.0. The van der Waals surface area contributed by atoms with Crippen LogP contribution in [0.25, 0.3) is 0 Å². The van der Waals surface area contributed by atoms with Crippen molar-refractivity contribution < 1.29 is 5.21 Å². The molecule has 0 atom stereocenters. The van der Waals surface area contributed by atoms with E-state index in [1.807, 2.05) is 25.6 Å². The van der Waals surface area contributed by atoms with Crippen LogP contribution in [0.4, 0.5) is 0 Å². The maximum Gasteiger partial charge on any atom is 0.144 e. The number of nitrogens with one attached hydrogen (secondary N) is 1. The summed E-state index contributed by atoms with van der Waals surface area (Å²) in [5.41, 5.74) is 5.35. The number of thioether (sulfide) groups is 1. The summed E-state index contributed by atoms with van der Waals surface area (Å²) >= 11 is 1.86. The molecule has 0 saturated heterocycles. The second-order valence-electron chi connectivity index (χ2n) is 4.22. The molecule has 4 nitrogen and oxygen atoms in total. The first-order valence-corrected chi connectivity index (χ1v) is 6.61. The molecule has 0 fully saturated rings. The average molecular weight is 233 g/mol. The molecule has 0 saturated carbocycles. The first-order chi connectivity index (χ1) is 7.04. The number of hydrogen-bond donors (Lipinski definition) is 3. The van der Waals surface area contributed by atoms with Gasteiger partial charge in [0.2, 0.25) is 0 Å². The predicted octanol–water partition coefficient (Wildman–Crippen LogP) is 1.49. The largest absolute Gasteiger partial charge is 0.409 e. The van der Waals surface area contributed by atoms with Gasteiger partial charge in [0.05, 0.1) is 0 Å². The summed E-state index contributed by atoms with van der Waals surface area (Å²) in [7, 11) is 0. The van der Waals surface area contributed by atoms with E-state index in [1.165, 1.54) is 12.2 Å². The lowest BCUT2D eigenvalue weighted by Gasteiger charge is -2.22. The Morgan fingerprint density at radius 1 is 1.47 bits per heavy atom. The van der Waals surface area contributed by atoms with Gasteiger partial charge in [-0.05, 0) is 37.9 Å². The lowest BCUT2D eigenvalue weighted by atomic mass is 9.88. The topological polar surface area (TPSA) is 70.6 Å². The van der Waals surface area contributed by atoms with E-state index in [4.69, 9.17) is 10.9 Å². The number of rotatable bonds is 8. The van der Waals surface area contributed by atoms with Gasteiger partial charge < -0.3 is 16.3 Å². The normalized spacial score (nSPS) is 13.1. The van der Waals surface area contributed by atoms with Gasteiger partial charge in [0.1, 0.15) is 5.84 Å². The Morgan fingerprint density at radius 2 is 2.13 bits per heavy atom. The Labute approximate surface area is 96.7 Å². The molecule has 0 aliphatic rings. The zero-order valence-corrected chi connectivity index (χ0v) is 10.7. The number of amidine groups is 1. The molecule has 5 heteroatoms. The van der Waals surface area contributed by atoms with Crippen LogP contribution >= 0.6 is 11.8 Å². The summed E-state index contributed by atoms with van der Waals surface area (Å²) in [6.07, 6.45) is 4.18. The molecule has 0 aliphatic heterocycles. The van der Waals surface area contributed by atoms with E-state index in [0.29, 0.717) is 5.84 Å². The minimum absolute atomic E-state index is 0.235. The van der Waals surface area contributed by atoms with Crippen LogP contribution in [0.3, 0.4) is 0 Å². The molecule has 0 radical (unpaired) electrons. The van der Waals surface area contributed by atoms with Gasteiger partial charge in [0, 0.05) is 5.41 Å². The molecule has 15 heavy (non-hydrogen) atoms. The van der Waals surface area contributed by atoms with Crippen LogP contribution in [0.2, 0.25) is 0 Å². The summed E-state index contributed by atoms with van der Waals surface area (Å²) in [6.45, 7) is 5.89. The number of nitrogens with two attached hydrogens (primary N) is 1. The van der Waals surface area contributed by atoms with Crippen molar-refractivity contribution in [1.29, 1.82) is 0 Å². The molecular formula is C10H23N3OS. The average Bonchev–Trinajstić information content (AvgIpc) is 2.22. The molecule has 90 valence electrons. The van der Waals surface area contributed by atoms with E-state index >= 15 is 0 Å². The summed E-state index contributed by atoms with van der Waals surface area (Å²) in [6, 6.07) is 0. The molecule has 4 N–H and O–H groups in total. The number of nitrogens with zero attached hydrogens (tertiary/aromatic N) is 1. The van der Waals surface area contributed by atoms with Gasteiger partial charge in [0.25, 0.3) is 0 Å². The minimum atomic E-state index is -0.235. The van der Waals surface area contributed by atoms with Crippen LogP contribution in [0, 0.1) is 5.41 Å². The predicted molar refractivity (Wildman–Crippen MR) is 67.7 cm³/mol. The minimum Gasteiger partial charge on any atom is -0.409 e. The maximum atomic E-state index is 8.58. The quantitative estimate of drug-likeness (QED) is 0.195. The maximum absolute atomic E-state index is 8.58. The third kappa shape index (κ3) is 6.62. The molecule has 0 spiro atoms. The lowest BCUT2D eigenvalue weighted by molar-refractivity contribution is 0.305. The van der Waals surface area contributed by atoms with Crippen molar-refractivity contribution in [1.82, 2.24) is 5.32 Å². The first kappa shape index (κ1) is 14.6. The highest BCUT2D eigenvalue weighted by Crippen LogP contribution is 2.19. The highest BCUT2D eigenvalue weighted by Gasteiger charge is 2.22. The van der Waals surface area contributed by atoms with Gasteiger partial charge in [-0.1, -0.05) is 19.0 Å². The summed E-state index contributed by atoms with van der Waals surface area (Å²) in [4.78, 5) is 0. The van der Waals surface area contributed by atoms with Crippen molar-refractivity contribution in [2.45, 2.75) is 26.7 Å². The third-order valence-electron chi connectivity index (χ3n) is 2.43. The SMILES string of the molecule is CSCCCNCCC(C)(C)C(N)=NO. The molecule has 0 bridgehead atoms. The van der Waals surface area contributed by atoms with Crippen LogP contribution in [0.15, 0.2) is 5.16 Å². The Bertz CT molecular complexity index is 195. The third-order valence-corrected chi connectivity index (χ3v) is 3.13. The monoisotopic (exact) mass is 233 g/mol. The second kappa shape index (κ2) is 7.82. The Kier molecular flexibility index (Phi) is 7.60. The van der Waals surface area contributed by atoms with Gasteiger partial charge in [-0.25, -0.2) is 0 Å². The highest BCUT2D eigenvalue weighted by molar-refractivity contribution is 7.98. The molecule has 0 aromatic rings. The number of oxime groups is 1. The van der Waals surface area contributed by atoms with E-state index in [2.05, 4.69) is 16.7 Å². The van der Waals surface area contributed by atoms with Gasteiger partial charge >= 0.3 is 0 Å². The fraction of sp³-hybridized carbons (Fsp3) is 0.900. The lowest BCUT2D eigenvalue weighted by Crippen LogP contribution is -2.35. The second-order valence-corrected chi connectivity index (χ2v) is 5.20. The van der Waals surface area contributed by atoms with Crippen LogP contribution in [0.1, 0.15) is 26.7 Å². The van der Waals surface area contributed by atoms with Crippen molar-refractivity contribution in [2.24, 2.45) is 16.3 Å². The van der Waals surface area contributed by atoms with Gasteiger partial charge in [-0.3, -0.25) is 0 Å². The van der Waals surface area contributed by atoms with Gasteiger partial charge in [0.15, 0.2) is 0 Å². The van der Waals surface area contributed by atoms with Crippen LogP contribution in [0.5, 0.6) is 0 Å². The smallest absolute Gasteiger partial charge is 0.144 e. The Hall–Kier alpha value is -0.420. The van der Waals surface area contributed by atoms with Crippen LogP contribution in [-0.4, -0.2) is 36.1 Å². The molecular weight excluding hydrogens is 210 g/mol. The fourth-order valence-corrected chi connectivity index (χ4v) is 1.56. The Balaban J connectivity index is 3.58. The van der Waals surface area contributed by atoms with Gasteiger partial charge in [-0.2, -0.15) is 11.8 Å². The summed E-state index contributed by atoms with van der Waals surface area (Å²) < 4.78 is 0. The van der Waals surface area contributed by atoms with Crippen molar-refractivity contribution in [3.63, 3.8) is 0 Å². The fourth-order valence-electron chi connectivity index (χ4n) is 1.13. The van der Waals surface area contributed by atoms with Crippen LogP contribution < -0.4 is 11.1 Å². The molecule has 0 amide bonds. The Morgan fingerprint density at radius 3 is 2.67 bits per heavy atom. The zero-order valence-electron chi connectivity index (χ0n) is 9.92. The molecule has 0 heterocycles. The number of hydrogen-bond acceptors (Lipinski definition) is 4. The van der Waals surface area contributed by atoms with Crippen molar-refractivity contribution >= 4 is 17.6 Å².